The van der Waals surface area contributed by atoms with Gasteiger partial charge in [0.05, 0.1) is 25.8 Å². The van der Waals surface area contributed by atoms with Crippen molar-refractivity contribution in [2.75, 3.05) is 83.9 Å². The number of rotatable bonds is 10. The maximum atomic E-state index is 13.7. The maximum absolute atomic E-state index is 13.7. The Morgan fingerprint density at radius 1 is 0.803 bits per heavy atom. The van der Waals surface area contributed by atoms with Gasteiger partial charge in [-0.15, -0.1) is 0 Å². The molecule has 0 N–H and O–H groups in total. The van der Waals surface area contributed by atoms with Crippen LogP contribution in [-0.4, -0.2) is 117 Å². The van der Waals surface area contributed by atoms with E-state index in [0.29, 0.717) is 54.5 Å². The number of carbonyl (C=O) groups excluding carboxylic acids is 3. The largest absolute Gasteiger partial charge is 0.496 e. The van der Waals surface area contributed by atoms with Crippen molar-refractivity contribution in [2.24, 2.45) is 18.4 Å². The Morgan fingerprint density at radius 2 is 1.52 bits per heavy atom. The van der Waals surface area contributed by atoms with Crippen LogP contribution in [0, 0.1) is 11.3 Å². The highest BCUT2D eigenvalue weighted by atomic mass is 16.5. The van der Waals surface area contributed by atoms with Crippen molar-refractivity contribution < 1.29 is 23.9 Å². The van der Waals surface area contributed by atoms with E-state index in [9.17, 15) is 19.2 Å². The second-order valence-electron chi connectivity index (χ2n) is 18.7. The molecule has 1 aromatic heterocycles. The SMILES string of the molecule is COc1cc(-c2cn(C)c(=O)c3ccc(N(C)C)cc23)cc(OC)c1CN1CC(CN2CCC3(CC2)CN(c2ccc4c(c2)C(=O)N(C2CCC(=O)CCCCC2=O)C4)C3)C1. The van der Waals surface area contributed by atoms with Gasteiger partial charge in [0.15, 0.2) is 5.78 Å². The molecule has 1 unspecified atom stereocenters. The molecule has 9 rings (SSSR count). The molecule has 12 heteroatoms. The minimum atomic E-state index is -0.505. The fourth-order valence-electron chi connectivity index (χ4n) is 10.7. The zero-order chi connectivity index (χ0) is 42.6. The van der Waals surface area contributed by atoms with E-state index in [1.54, 1.807) is 30.7 Å². The first-order chi connectivity index (χ1) is 29.4. The molecule has 3 aromatic carbocycles. The van der Waals surface area contributed by atoms with E-state index in [1.807, 2.05) is 43.4 Å². The van der Waals surface area contributed by atoms with Crippen LogP contribution in [-0.2, 0) is 29.7 Å². The number of anilines is 2. The first kappa shape index (κ1) is 41.2. The summed E-state index contributed by atoms with van der Waals surface area (Å²) in [6.45, 7) is 8.60. The predicted molar refractivity (Wildman–Crippen MR) is 239 cm³/mol. The fourth-order valence-corrected chi connectivity index (χ4v) is 10.7. The zero-order valence-electron chi connectivity index (χ0n) is 36.5. The standard InChI is InChI=1S/C49H60N6O6/c1-50(2)35-12-14-38-40(22-35)41(28-51(3)47(38)58)34-20-45(60-4)42(46(21-34)61-5)29-53-25-32(26-53)24-52-18-16-49(17-19-52)30-54(31-49)36-11-10-33-27-55(48(59)39(33)23-36)43-15-13-37(56)8-6-7-9-44(43)57/h10-12,14,20-23,28,32,43H,6-9,13,15-19,24-27,29-31H2,1-5H3. The summed E-state index contributed by atoms with van der Waals surface area (Å²) in [5.41, 5.74) is 7.04. The molecule has 1 aliphatic carbocycles. The number of methoxy groups -OCH3 is 2. The number of carbonyl (C=O) groups is 3. The van der Waals surface area contributed by atoms with Crippen LogP contribution in [0.15, 0.2) is 59.5 Å². The van der Waals surface area contributed by atoms with Gasteiger partial charge in [-0.3, -0.25) is 24.1 Å². The summed E-state index contributed by atoms with van der Waals surface area (Å²) < 4.78 is 13.7. The van der Waals surface area contributed by atoms with Crippen LogP contribution < -0.4 is 24.8 Å². The van der Waals surface area contributed by atoms with Crippen LogP contribution in [0.25, 0.3) is 21.9 Å². The van der Waals surface area contributed by atoms with Crippen molar-refractivity contribution in [3.63, 3.8) is 0 Å². The average Bonchev–Trinajstić information content (AvgIpc) is 3.59. The van der Waals surface area contributed by atoms with Gasteiger partial charge in [0.1, 0.15) is 17.3 Å². The molecule has 61 heavy (non-hydrogen) atoms. The van der Waals surface area contributed by atoms with Gasteiger partial charge in [0.25, 0.3) is 11.5 Å². The second-order valence-corrected chi connectivity index (χ2v) is 18.7. The quantitative estimate of drug-likeness (QED) is 0.185. The lowest BCUT2D eigenvalue weighted by Crippen LogP contribution is -2.61. The molecule has 1 spiro atoms. The molecule has 5 heterocycles. The van der Waals surface area contributed by atoms with E-state index in [1.165, 1.54) is 12.8 Å². The van der Waals surface area contributed by atoms with Crippen LogP contribution in [0.4, 0.5) is 11.4 Å². The number of fused-ring (bicyclic) bond motifs is 2. The number of pyridine rings is 1. The average molecular weight is 829 g/mol. The van der Waals surface area contributed by atoms with Crippen molar-refractivity contribution in [3.05, 3.63) is 81.8 Å². The summed E-state index contributed by atoms with van der Waals surface area (Å²) in [6, 6.07) is 15.9. The van der Waals surface area contributed by atoms with Gasteiger partial charge >= 0.3 is 0 Å². The number of hydrogen-bond acceptors (Lipinski definition) is 10. The topological polar surface area (TPSA) is 108 Å². The smallest absolute Gasteiger partial charge is 0.258 e. The van der Waals surface area contributed by atoms with Gasteiger partial charge in [-0.1, -0.05) is 6.07 Å². The summed E-state index contributed by atoms with van der Waals surface area (Å²) in [7, 11) is 9.23. The predicted octanol–water partition coefficient (Wildman–Crippen LogP) is 6.14. The lowest BCUT2D eigenvalue weighted by molar-refractivity contribution is -0.124. The number of hydrogen-bond donors (Lipinski definition) is 0. The molecule has 1 atom stereocenters. The normalized spacial score (nSPS) is 21.2. The number of aromatic nitrogens is 1. The number of nitrogens with zero attached hydrogens (tertiary/aromatic N) is 6. The van der Waals surface area contributed by atoms with Gasteiger partial charge < -0.3 is 33.6 Å². The summed E-state index contributed by atoms with van der Waals surface area (Å²) in [6.07, 6.45) is 7.53. The first-order valence-electron chi connectivity index (χ1n) is 22.2. The molecule has 322 valence electrons. The van der Waals surface area contributed by atoms with Crippen molar-refractivity contribution in [3.8, 4) is 22.6 Å². The van der Waals surface area contributed by atoms with Crippen molar-refractivity contribution >= 4 is 39.6 Å². The minimum absolute atomic E-state index is 0.0258. The van der Waals surface area contributed by atoms with Gasteiger partial charge in [0.2, 0.25) is 0 Å². The third-order valence-electron chi connectivity index (χ3n) is 14.4. The number of ether oxygens (including phenoxy) is 2. The van der Waals surface area contributed by atoms with Crippen molar-refractivity contribution in [1.29, 1.82) is 0 Å². The van der Waals surface area contributed by atoms with Gasteiger partial charge in [0, 0.05) is 126 Å². The molecule has 0 radical (unpaired) electrons. The third-order valence-corrected chi connectivity index (χ3v) is 14.4. The monoisotopic (exact) mass is 828 g/mol. The van der Waals surface area contributed by atoms with Gasteiger partial charge in [-0.25, -0.2) is 0 Å². The fraction of sp³-hybridized carbons (Fsp3) is 0.510. The number of ketones is 2. The van der Waals surface area contributed by atoms with E-state index in [-0.39, 0.29) is 23.0 Å². The molecule has 1 amide bonds. The van der Waals surface area contributed by atoms with Crippen LogP contribution >= 0.6 is 0 Å². The lowest BCUT2D eigenvalue weighted by atomic mass is 9.71. The van der Waals surface area contributed by atoms with Crippen molar-refractivity contribution in [1.82, 2.24) is 19.3 Å². The van der Waals surface area contributed by atoms with Crippen LogP contribution in [0.2, 0.25) is 0 Å². The Morgan fingerprint density at radius 3 is 2.23 bits per heavy atom. The Kier molecular flexibility index (Phi) is 11.2. The summed E-state index contributed by atoms with van der Waals surface area (Å²) in [4.78, 5) is 63.5. The third kappa shape index (κ3) is 7.93. The lowest BCUT2D eigenvalue weighted by Gasteiger charge is -2.55. The number of aryl methyl sites for hydroxylation is 1. The Balaban J connectivity index is 0.778. The summed E-state index contributed by atoms with van der Waals surface area (Å²) >= 11 is 0. The summed E-state index contributed by atoms with van der Waals surface area (Å²) in [5, 5.41) is 1.58. The molecular weight excluding hydrogens is 769 g/mol. The van der Waals surface area contributed by atoms with E-state index in [2.05, 4.69) is 45.0 Å². The number of Topliss-reactive ketones (excluding diaryl/α,β-unsaturated/α-hetero) is 2. The molecule has 1 saturated carbocycles. The highest BCUT2D eigenvalue weighted by Crippen LogP contribution is 2.44. The van der Waals surface area contributed by atoms with Crippen LogP contribution in [0.3, 0.4) is 0 Å². The van der Waals surface area contributed by atoms with Crippen LogP contribution in [0.1, 0.15) is 72.9 Å². The highest BCUT2D eigenvalue weighted by molar-refractivity contribution is 6.02. The van der Waals surface area contributed by atoms with Gasteiger partial charge in [-0.05, 0) is 110 Å². The van der Waals surface area contributed by atoms with Gasteiger partial charge in [-0.2, -0.15) is 0 Å². The van der Waals surface area contributed by atoms with E-state index in [0.717, 1.165) is 116 Å². The van der Waals surface area contributed by atoms with Crippen molar-refractivity contribution in [2.45, 2.75) is 70.5 Å². The molecular formula is C49H60N6O6. The minimum Gasteiger partial charge on any atom is -0.496 e. The summed E-state index contributed by atoms with van der Waals surface area (Å²) in [5.74, 6) is 2.41. The number of likely N-dealkylation sites (tertiary alicyclic amines) is 2. The Hall–Kier alpha value is -5.20. The van der Waals surface area contributed by atoms with E-state index < -0.39 is 6.04 Å². The first-order valence-corrected chi connectivity index (χ1v) is 22.2. The number of amides is 1. The second kappa shape index (κ2) is 16.6. The Labute approximate surface area is 359 Å². The molecule has 4 fully saturated rings. The van der Waals surface area contributed by atoms with E-state index >= 15 is 0 Å². The molecule has 5 aliphatic rings. The van der Waals surface area contributed by atoms with Crippen LogP contribution in [0.5, 0.6) is 11.5 Å². The zero-order valence-corrected chi connectivity index (χ0v) is 36.5. The molecule has 4 aliphatic heterocycles. The highest BCUT2D eigenvalue weighted by Gasteiger charge is 2.46. The number of piperidine rings is 1. The molecule has 4 aromatic rings. The number of benzene rings is 3. The molecule has 12 nitrogen and oxygen atoms in total. The molecule has 0 bridgehead atoms. The maximum Gasteiger partial charge on any atom is 0.258 e. The van der Waals surface area contributed by atoms with E-state index in [4.69, 9.17) is 9.47 Å². The Bertz CT molecular complexity index is 2400. The molecule has 3 saturated heterocycles.